The average Bonchev–Trinajstić information content (AvgIpc) is 3.13. The molecule has 0 saturated heterocycles. The van der Waals surface area contributed by atoms with Crippen molar-refractivity contribution in [2.24, 2.45) is 0 Å². The number of carbonyl (C=O) groups excluding carboxylic acids is 1. The van der Waals surface area contributed by atoms with Gasteiger partial charge in [0.25, 0.3) is 5.91 Å². The molecule has 23 heavy (non-hydrogen) atoms. The van der Waals surface area contributed by atoms with E-state index in [2.05, 4.69) is 5.10 Å². The molecule has 120 valence electrons. The van der Waals surface area contributed by atoms with Gasteiger partial charge in [-0.05, 0) is 31.0 Å². The Hall–Kier alpha value is -2.37. The molecule has 6 heteroatoms. The summed E-state index contributed by atoms with van der Waals surface area (Å²) >= 11 is 0. The number of halogens is 1. The third kappa shape index (κ3) is 2.93. The molecule has 1 aliphatic heterocycles. The van der Waals surface area contributed by atoms with E-state index in [0.29, 0.717) is 43.9 Å². The van der Waals surface area contributed by atoms with E-state index >= 15 is 0 Å². The largest absolute Gasteiger partial charge is 0.487 e. The second-order valence-corrected chi connectivity index (χ2v) is 6.22. The molecule has 1 amide bonds. The summed E-state index contributed by atoms with van der Waals surface area (Å²) in [5.74, 6) is 0.623. The highest BCUT2D eigenvalue weighted by atomic mass is 19.1. The van der Waals surface area contributed by atoms with Crippen molar-refractivity contribution in [2.45, 2.75) is 31.7 Å². The van der Waals surface area contributed by atoms with Gasteiger partial charge in [-0.2, -0.15) is 5.10 Å². The number of benzene rings is 1. The number of fused-ring (bicyclic) bond motifs is 1. The number of amides is 1. The Kier molecular flexibility index (Phi) is 3.32. The second kappa shape index (κ2) is 5.37. The summed E-state index contributed by atoms with van der Waals surface area (Å²) < 4.78 is 21.3. The van der Waals surface area contributed by atoms with Crippen molar-refractivity contribution in [2.75, 3.05) is 13.1 Å². The molecule has 0 bridgehead atoms. The topological polar surface area (TPSA) is 47.4 Å². The van der Waals surface area contributed by atoms with Crippen molar-refractivity contribution in [3.8, 4) is 5.75 Å². The molecule has 0 spiro atoms. The van der Waals surface area contributed by atoms with Crippen LogP contribution in [-0.4, -0.2) is 39.3 Å². The fraction of sp³-hybridized carbons (Fsp3) is 0.412. The zero-order valence-corrected chi connectivity index (χ0v) is 12.7. The standard InChI is InChI=1S/C17H18FN3O2/c18-17(6-7-17)12-20-8-9-21-15(16(20)22)10-13(19-21)11-23-14-4-2-1-3-5-14/h1-5,10H,6-9,11-12H2. The first-order chi connectivity index (χ1) is 11.1. The maximum Gasteiger partial charge on any atom is 0.272 e. The van der Waals surface area contributed by atoms with E-state index in [9.17, 15) is 9.18 Å². The number of carbonyl (C=O) groups is 1. The van der Waals surface area contributed by atoms with Crippen LogP contribution >= 0.6 is 0 Å². The molecule has 0 atom stereocenters. The minimum absolute atomic E-state index is 0.140. The minimum Gasteiger partial charge on any atom is -0.487 e. The Morgan fingerprint density at radius 3 is 2.74 bits per heavy atom. The Balaban J connectivity index is 1.45. The SMILES string of the molecule is O=C1c2cc(COc3ccccc3)nn2CCN1CC1(F)CC1. The number of alkyl halides is 1. The van der Waals surface area contributed by atoms with Gasteiger partial charge in [0.1, 0.15) is 29.4 Å². The monoisotopic (exact) mass is 315 g/mol. The van der Waals surface area contributed by atoms with E-state index in [-0.39, 0.29) is 12.5 Å². The number of nitrogens with zero attached hydrogens (tertiary/aromatic N) is 3. The van der Waals surface area contributed by atoms with Crippen LogP contribution in [0.5, 0.6) is 5.75 Å². The number of para-hydroxylation sites is 1. The molecule has 1 aromatic heterocycles. The van der Waals surface area contributed by atoms with Gasteiger partial charge in [0.05, 0.1) is 13.1 Å². The molecule has 1 aromatic carbocycles. The highest BCUT2D eigenvalue weighted by Crippen LogP contribution is 2.40. The van der Waals surface area contributed by atoms with E-state index in [1.807, 2.05) is 30.3 Å². The van der Waals surface area contributed by atoms with Crippen LogP contribution < -0.4 is 4.74 Å². The predicted molar refractivity (Wildman–Crippen MR) is 82.0 cm³/mol. The van der Waals surface area contributed by atoms with Crippen LogP contribution in [0.1, 0.15) is 29.0 Å². The quantitative estimate of drug-likeness (QED) is 0.851. The third-order valence-electron chi connectivity index (χ3n) is 4.32. The molecule has 0 radical (unpaired) electrons. The first-order valence-electron chi connectivity index (χ1n) is 7.86. The van der Waals surface area contributed by atoms with Crippen molar-refractivity contribution in [1.82, 2.24) is 14.7 Å². The number of hydrogen-bond donors (Lipinski definition) is 0. The second-order valence-electron chi connectivity index (χ2n) is 6.22. The highest BCUT2D eigenvalue weighted by Gasteiger charge is 2.46. The molecule has 1 aliphatic carbocycles. The zero-order chi connectivity index (χ0) is 15.9. The van der Waals surface area contributed by atoms with Crippen LogP contribution in [0.2, 0.25) is 0 Å². The lowest BCUT2D eigenvalue weighted by atomic mass is 10.2. The van der Waals surface area contributed by atoms with Gasteiger partial charge in [0.2, 0.25) is 0 Å². The fourth-order valence-electron chi connectivity index (χ4n) is 2.82. The average molecular weight is 315 g/mol. The van der Waals surface area contributed by atoms with Crippen molar-refractivity contribution in [3.63, 3.8) is 0 Å². The smallest absolute Gasteiger partial charge is 0.272 e. The van der Waals surface area contributed by atoms with Gasteiger partial charge in [0, 0.05) is 6.54 Å². The molecule has 2 heterocycles. The first kappa shape index (κ1) is 14.2. The number of hydrogen-bond acceptors (Lipinski definition) is 3. The summed E-state index contributed by atoms with van der Waals surface area (Å²) in [5.41, 5.74) is 0.0736. The predicted octanol–water partition coefficient (Wildman–Crippen LogP) is 2.42. The molecule has 0 N–H and O–H groups in total. The lowest BCUT2D eigenvalue weighted by Gasteiger charge is -2.28. The van der Waals surface area contributed by atoms with Gasteiger partial charge in [-0.3, -0.25) is 9.48 Å². The Bertz CT molecular complexity index is 725. The van der Waals surface area contributed by atoms with E-state index in [1.165, 1.54) is 0 Å². The molecule has 1 saturated carbocycles. The van der Waals surface area contributed by atoms with E-state index in [4.69, 9.17) is 4.74 Å². The van der Waals surface area contributed by atoms with Gasteiger partial charge < -0.3 is 9.64 Å². The first-order valence-corrected chi connectivity index (χ1v) is 7.86. The summed E-state index contributed by atoms with van der Waals surface area (Å²) in [7, 11) is 0. The van der Waals surface area contributed by atoms with Gasteiger partial charge in [-0.1, -0.05) is 18.2 Å². The molecule has 2 aromatic rings. The van der Waals surface area contributed by atoms with E-state index in [1.54, 1.807) is 15.6 Å². The van der Waals surface area contributed by atoms with Crippen molar-refractivity contribution in [3.05, 3.63) is 47.8 Å². The maximum absolute atomic E-state index is 13.9. The van der Waals surface area contributed by atoms with Crippen molar-refractivity contribution in [1.29, 1.82) is 0 Å². The lowest BCUT2D eigenvalue weighted by molar-refractivity contribution is 0.0629. The Labute approximate surface area is 133 Å². The molecular weight excluding hydrogens is 297 g/mol. The summed E-state index contributed by atoms with van der Waals surface area (Å²) in [6, 6.07) is 11.2. The summed E-state index contributed by atoms with van der Waals surface area (Å²) in [6.07, 6.45) is 1.12. The zero-order valence-electron chi connectivity index (χ0n) is 12.7. The van der Waals surface area contributed by atoms with E-state index < -0.39 is 5.67 Å². The van der Waals surface area contributed by atoms with Crippen molar-refractivity contribution < 1.29 is 13.9 Å². The van der Waals surface area contributed by atoms with Crippen LogP contribution in [0.4, 0.5) is 4.39 Å². The number of ether oxygens (including phenoxy) is 1. The summed E-state index contributed by atoms with van der Waals surface area (Å²) in [5, 5.41) is 4.41. The molecule has 5 nitrogen and oxygen atoms in total. The van der Waals surface area contributed by atoms with E-state index in [0.717, 1.165) is 5.75 Å². The van der Waals surface area contributed by atoms with Crippen molar-refractivity contribution >= 4 is 5.91 Å². The molecule has 2 aliphatic rings. The van der Waals surface area contributed by atoms with Gasteiger partial charge >= 0.3 is 0 Å². The third-order valence-corrected chi connectivity index (χ3v) is 4.32. The molecule has 4 rings (SSSR count). The summed E-state index contributed by atoms with van der Waals surface area (Å²) in [4.78, 5) is 14.1. The molecule has 0 unspecified atom stereocenters. The highest BCUT2D eigenvalue weighted by molar-refractivity contribution is 5.93. The van der Waals surface area contributed by atoms with Crippen LogP contribution in [0.25, 0.3) is 0 Å². The molecule has 1 fully saturated rings. The van der Waals surface area contributed by atoms with Gasteiger partial charge in [-0.15, -0.1) is 0 Å². The maximum atomic E-state index is 13.9. The fourth-order valence-corrected chi connectivity index (χ4v) is 2.82. The molecular formula is C17H18FN3O2. The summed E-state index contributed by atoms with van der Waals surface area (Å²) in [6.45, 7) is 1.62. The van der Waals surface area contributed by atoms with Crippen LogP contribution in [0, 0.1) is 0 Å². The minimum atomic E-state index is -1.16. The van der Waals surface area contributed by atoms with Crippen LogP contribution in [0.15, 0.2) is 36.4 Å². The number of rotatable bonds is 5. The van der Waals surface area contributed by atoms with Gasteiger partial charge in [0.15, 0.2) is 0 Å². The number of aromatic nitrogens is 2. The normalized spacial score (nSPS) is 18.7. The van der Waals surface area contributed by atoms with Crippen LogP contribution in [0.3, 0.4) is 0 Å². The van der Waals surface area contributed by atoms with Crippen LogP contribution in [-0.2, 0) is 13.2 Å². The van der Waals surface area contributed by atoms with Gasteiger partial charge in [-0.25, -0.2) is 4.39 Å². The Morgan fingerprint density at radius 1 is 1.22 bits per heavy atom. The Morgan fingerprint density at radius 2 is 2.00 bits per heavy atom. The lowest BCUT2D eigenvalue weighted by Crippen LogP contribution is -2.43.